The van der Waals surface area contributed by atoms with Crippen molar-refractivity contribution in [2.75, 3.05) is 0 Å². The van der Waals surface area contributed by atoms with Crippen molar-refractivity contribution in [3.63, 3.8) is 0 Å². The van der Waals surface area contributed by atoms with E-state index in [-0.39, 0.29) is 6.10 Å². The highest BCUT2D eigenvalue weighted by molar-refractivity contribution is 6.69. The average molecular weight is 183 g/mol. The molecule has 0 bridgehead atoms. The smallest absolute Gasteiger partial charge is 0.185 e. The highest BCUT2D eigenvalue weighted by Gasteiger charge is 2.19. The van der Waals surface area contributed by atoms with Crippen LogP contribution in [0, 0.1) is 11.3 Å². The molecule has 0 unspecified atom stereocenters. The van der Waals surface area contributed by atoms with Crippen LogP contribution in [0.4, 0.5) is 0 Å². The summed E-state index contributed by atoms with van der Waals surface area (Å²) in [5.74, 6) is 0. The van der Waals surface area contributed by atoms with E-state index in [9.17, 15) is 0 Å². The lowest BCUT2D eigenvalue weighted by Crippen LogP contribution is -2.31. The first-order chi connectivity index (χ1) is 5.49. The second-order valence-corrected chi connectivity index (χ2v) is 8.17. The third-order valence-electron chi connectivity index (χ3n) is 1.27. The molecule has 3 heteroatoms. The van der Waals surface area contributed by atoms with Gasteiger partial charge in [0.25, 0.3) is 0 Å². The summed E-state index contributed by atoms with van der Waals surface area (Å²) in [6.07, 6.45) is 3.19. The quantitative estimate of drug-likeness (QED) is 0.485. The molecule has 0 aliphatic carbocycles. The van der Waals surface area contributed by atoms with Gasteiger partial charge in [-0.05, 0) is 32.5 Å². The third kappa shape index (κ3) is 6.14. The molecule has 0 N–H and O–H groups in total. The van der Waals surface area contributed by atoms with Gasteiger partial charge in [0.1, 0.15) is 6.10 Å². The van der Waals surface area contributed by atoms with Crippen molar-refractivity contribution < 1.29 is 4.43 Å². The average Bonchev–Trinajstić information content (AvgIpc) is 1.95. The highest BCUT2D eigenvalue weighted by Crippen LogP contribution is 2.10. The summed E-state index contributed by atoms with van der Waals surface area (Å²) in [4.78, 5) is 0. The van der Waals surface area contributed by atoms with E-state index in [1.54, 1.807) is 0 Å². The lowest BCUT2D eigenvalue weighted by atomic mass is 10.2. The largest absolute Gasteiger partial charge is 0.402 e. The van der Waals surface area contributed by atoms with Crippen LogP contribution in [0.1, 0.15) is 12.8 Å². The summed E-state index contributed by atoms with van der Waals surface area (Å²) in [7, 11) is -1.55. The Kier molecular flexibility index (Phi) is 4.87. The predicted molar refractivity (Wildman–Crippen MR) is 53.3 cm³/mol. The van der Waals surface area contributed by atoms with Crippen molar-refractivity contribution in [2.24, 2.45) is 0 Å². The molecule has 0 aliphatic heterocycles. The van der Waals surface area contributed by atoms with Crippen LogP contribution in [0.3, 0.4) is 0 Å². The van der Waals surface area contributed by atoms with E-state index in [1.165, 1.54) is 0 Å². The zero-order valence-corrected chi connectivity index (χ0v) is 9.13. The van der Waals surface area contributed by atoms with Crippen molar-refractivity contribution in [1.82, 2.24) is 0 Å². The Morgan fingerprint density at radius 2 is 2.17 bits per heavy atom. The molecule has 0 rings (SSSR count). The maximum Gasteiger partial charge on any atom is 0.185 e. The van der Waals surface area contributed by atoms with Gasteiger partial charge in [0.05, 0.1) is 6.07 Å². The van der Waals surface area contributed by atoms with Crippen molar-refractivity contribution in [1.29, 1.82) is 5.26 Å². The van der Waals surface area contributed by atoms with Crippen LogP contribution < -0.4 is 0 Å². The summed E-state index contributed by atoms with van der Waals surface area (Å²) in [5.41, 5.74) is 0. The molecule has 0 aliphatic rings. The van der Waals surface area contributed by atoms with Gasteiger partial charge in [-0.2, -0.15) is 5.26 Å². The monoisotopic (exact) mass is 183 g/mol. The summed E-state index contributed by atoms with van der Waals surface area (Å²) in [6.45, 7) is 9.88. The first kappa shape index (κ1) is 11.4. The Morgan fingerprint density at radius 3 is 2.50 bits per heavy atom. The van der Waals surface area contributed by atoms with Crippen molar-refractivity contribution in [2.45, 2.75) is 38.6 Å². The second-order valence-electron chi connectivity index (χ2n) is 3.71. The van der Waals surface area contributed by atoms with Gasteiger partial charge in [0, 0.05) is 0 Å². The number of hydrogen-bond acceptors (Lipinski definition) is 2. The number of nitrogens with zero attached hydrogens (tertiary/aromatic N) is 1. The van der Waals surface area contributed by atoms with Crippen LogP contribution in [0.2, 0.25) is 19.6 Å². The van der Waals surface area contributed by atoms with E-state index in [4.69, 9.17) is 9.69 Å². The molecule has 68 valence electrons. The van der Waals surface area contributed by atoms with Gasteiger partial charge in [0.15, 0.2) is 8.32 Å². The van der Waals surface area contributed by atoms with Crippen LogP contribution >= 0.6 is 0 Å². The first-order valence-corrected chi connectivity index (χ1v) is 7.59. The fourth-order valence-electron chi connectivity index (χ4n) is 0.846. The molecule has 0 saturated heterocycles. The molecule has 0 radical (unpaired) electrons. The van der Waals surface area contributed by atoms with Gasteiger partial charge in [-0.25, -0.2) is 0 Å². The molecule has 0 aromatic heterocycles. The maximum absolute atomic E-state index is 8.73. The van der Waals surface area contributed by atoms with Gasteiger partial charge in [-0.15, -0.1) is 6.58 Å². The van der Waals surface area contributed by atoms with Crippen LogP contribution in [0.5, 0.6) is 0 Å². The van der Waals surface area contributed by atoms with Crippen LogP contribution in [-0.4, -0.2) is 14.4 Å². The number of nitriles is 1. The second kappa shape index (κ2) is 5.12. The van der Waals surface area contributed by atoms with E-state index in [2.05, 4.69) is 32.3 Å². The first-order valence-electron chi connectivity index (χ1n) is 4.18. The fraction of sp³-hybridized carbons (Fsp3) is 0.667. The van der Waals surface area contributed by atoms with Crippen LogP contribution in [-0.2, 0) is 4.43 Å². The summed E-state index contributed by atoms with van der Waals surface area (Å²) in [5, 5.41) is 8.73. The maximum atomic E-state index is 8.73. The minimum absolute atomic E-state index is 0.241. The van der Waals surface area contributed by atoms with Crippen molar-refractivity contribution in [3.05, 3.63) is 12.7 Å². The van der Waals surface area contributed by atoms with E-state index in [0.29, 0.717) is 0 Å². The number of rotatable bonds is 5. The molecule has 2 nitrogen and oxygen atoms in total. The predicted octanol–water partition coefficient (Wildman–Crippen LogP) is 2.70. The van der Waals surface area contributed by atoms with Gasteiger partial charge >= 0.3 is 0 Å². The zero-order valence-electron chi connectivity index (χ0n) is 8.13. The Bertz CT molecular complexity index is 178. The SMILES string of the molecule is C=CCC[C@H](C#N)O[Si](C)(C)C. The molecule has 1 atom stereocenters. The standard InChI is InChI=1S/C9H17NOSi/c1-5-6-7-9(8-10)11-12(2,3)4/h5,9H,1,6-7H2,2-4H3/t9-/m1/s1. The van der Waals surface area contributed by atoms with Crippen molar-refractivity contribution in [3.8, 4) is 6.07 Å². The van der Waals surface area contributed by atoms with E-state index in [1.807, 2.05) is 6.08 Å². The van der Waals surface area contributed by atoms with Gasteiger partial charge in [-0.1, -0.05) is 6.08 Å². The third-order valence-corrected chi connectivity index (χ3v) is 2.26. The van der Waals surface area contributed by atoms with E-state index < -0.39 is 8.32 Å². The number of allylic oxidation sites excluding steroid dienone is 1. The molecule has 12 heavy (non-hydrogen) atoms. The van der Waals surface area contributed by atoms with Crippen molar-refractivity contribution >= 4 is 8.32 Å². The molecule has 0 heterocycles. The van der Waals surface area contributed by atoms with Gasteiger partial charge in [-0.3, -0.25) is 0 Å². The Morgan fingerprint density at radius 1 is 1.58 bits per heavy atom. The molecule has 0 saturated carbocycles. The molecule has 0 fully saturated rings. The lowest BCUT2D eigenvalue weighted by molar-refractivity contribution is 0.239. The Hall–Kier alpha value is -0.593. The summed E-state index contributed by atoms with van der Waals surface area (Å²) in [6, 6.07) is 2.16. The summed E-state index contributed by atoms with van der Waals surface area (Å²) < 4.78 is 5.62. The fourth-order valence-corrected chi connectivity index (χ4v) is 1.87. The van der Waals surface area contributed by atoms with Gasteiger partial charge < -0.3 is 4.43 Å². The Labute approximate surface area is 76.0 Å². The van der Waals surface area contributed by atoms with Gasteiger partial charge in [0.2, 0.25) is 0 Å². The molecule has 0 aromatic carbocycles. The normalized spacial score (nSPS) is 13.5. The molecule has 0 amide bonds. The minimum Gasteiger partial charge on any atom is -0.402 e. The van der Waals surface area contributed by atoms with E-state index in [0.717, 1.165) is 12.8 Å². The zero-order chi connectivity index (χ0) is 9.61. The highest BCUT2D eigenvalue weighted by atomic mass is 28.4. The summed E-state index contributed by atoms with van der Waals surface area (Å²) >= 11 is 0. The van der Waals surface area contributed by atoms with Crippen LogP contribution in [0.15, 0.2) is 12.7 Å². The molecular formula is C9H17NOSi. The minimum atomic E-state index is -1.55. The lowest BCUT2D eigenvalue weighted by Gasteiger charge is -2.20. The molecule has 0 spiro atoms. The molecular weight excluding hydrogens is 166 g/mol. The topological polar surface area (TPSA) is 33.0 Å². The Balaban J connectivity index is 3.85. The van der Waals surface area contributed by atoms with Crippen LogP contribution in [0.25, 0.3) is 0 Å². The number of hydrogen-bond donors (Lipinski definition) is 0. The van der Waals surface area contributed by atoms with E-state index >= 15 is 0 Å². The molecule has 0 aromatic rings.